The van der Waals surface area contributed by atoms with Crippen molar-refractivity contribution in [3.8, 4) is 5.75 Å². The first kappa shape index (κ1) is 17.7. The summed E-state index contributed by atoms with van der Waals surface area (Å²) in [6.07, 6.45) is 0.00828. The largest absolute Gasteiger partial charge is 0.508 e. The number of likely N-dealkylation sites (tertiary alicyclic amines) is 1. The van der Waals surface area contributed by atoms with Gasteiger partial charge >= 0.3 is 6.09 Å². The van der Waals surface area contributed by atoms with Crippen LogP contribution in [0.5, 0.6) is 5.75 Å². The van der Waals surface area contributed by atoms with Gasteiger partial charge in [-0.3, -0.25) is 9.69 Å². The molecule has 0 radical (unpaired) electrons. The zero-order valence-electron chi connectivity index (χ0n) is 14.5. The second-order valence-corrected chi connectivity index (χ2v) is 7.26. The predicted octanol–water partition coefficient (Wildman–Crippen LogP) is 2.93. The summed E-state index contributed by atoms with van der Waals surface area (Å²) in [5, 5.41) is 10.2. The van der Waals surface area contributed by atoms with Crippen LogP contribution in [-0.4, -0.2) is 58.7 Å². The Morgan fingerprint density at radius 2 is 2.00 bits per heavy atom. The number of halogens is 1. The molecule has 6 nitrogen and oxygen atoms in total. The van der Waals surface area contributed by atoms with E-state index in [2.05, 4.69) is 0 Å². The molecule has 0 aliphatic carbocycles. The van der Waals surface area contributed by atoms with Crippen molar-refractivity contribution in [3.05, 3.63) is 64.7 Å². The Labute approximate surface area is 161 Å². The van der Waals surface area contributed by atoms with Gasteiger partial charge < -0.3 is 14.7 Å². The molecule has 2 fully saturated rings. The predicted molar refractivity (Wildman–Crippen MR) is 99.9 cm³/mol. The first-order valence-corrected chi connectivity index (χ1v) is 9.19. The van der Waals surface area contributed by atoms with Crippen LogP contribution in [0.2, 0.25) is 5.02 Å². The molecule has 2 saturated heterocycles. The molecule has 2 aliphatic heterocycles. The molecule has 27 heavy (non-hydrogen) atoms. The first-order chi connectivity index (χ1) is 13.0. The zero-order valence-corrected chi connectivity index (χ0v) is 15.3. The molecule has 0 bridgehead atoms. The van der Waals surface area contributed by atoms with Crippen LogP contribution in [-0.2, 0) is 11.2 Å². The molecular weight excluding hydrogens is 368 g/mol. The maximum absolute atomic E-state index is 12.7. The van der Waals surface area contributed by atoms with E-state index in [0.717, 1.165) is 5.56 Å². The molecule has 2 aromatic carbocycles. The first-order valence-electron chi connectivity index (χ1n) is 8.81. The minimum Gasteiger partial charge on any atom is -0.508 e. The van der Waals surface area contributed by atoms with Gasteiger partial charge in [-0.2, -0.15) is 0 Å². The third-order valence-corrected chi connectivity index (χ3v) is 5.27. The summed E-state index contributed by atoms with van der Waals surface area (Å²) in [5.41, 5.74) is 1.47. The van der Waals surface area contributed by atoms with Crippen molar-refractivity contribution in [3.63, 3.8) is 0 Å². The quantitative estimate of drug-likeness (QED) is 0.877. The summed E-state index contributed by atoms with van der Waals surface area (Å²) in [4.78, 5) is 28.3. The van der Waals surface area contributed by atoms with Gasteiger partial charge in [0.25, 0.3) is 5.91 Å². The van der Waals surface area contributed by atoms with Crippen molar-refractivity contribution in [2.75, 3.05) is 19.6 Å². The minimum atomic E-state index is -0.337. The smallest absolute Gasteiger partial charge is 0.410 e. The molecule has 2 aromatic rings. The van der Waals surface area contributed by atoms with Gasteiger partial charge in [0, 0.05) is 23.7 Å². The molecule has 0 saturated carbocycles. The second kappa shape index (κ2) is 7.12. The van der Waals surface area contributed by atoms with E-state index in [9.17, 15) is 14.7 Å². The number of hydrogen-bond acceptors (Lipinski definition) is 4. The normalized spacial score (nSPS) is 21.3. The number of carbonyl (C=O) groups is 2. The number of amides is 2. The number of phenolic OH excluding ortho intramolecular Hbond substituents is 1. The van der Waals surface area contributed by atoms with Gasteiger partial charge in [0.05, 0.1) is 12.6 Å². The van der Waals surface area contributed by atoms with Crippen molar-refractivity contribution in [1.82, 2.24) is 9.80 Å². The lowest BCUT2D eigenvalue weighted by Crippen LogP contribution is -2.40. The molecular formula is C20H19ClN2O4. The fourth-order valence-corrected chi connectivity index (χ4v) is 3.90. The molecule has 0 aromatic heterocycles. The van der Waals surface area contributed by atoms with E-state index in [1.807, 2.05) is 24.3 Å². The number of carbonyl (C=O) groups excluding carboxylic acids is 2. The number of benzene rings is 2. The molecule has 2 amide bonds. The highest BCUT2D eigenvalue weighted by atomic mass is 35.5. The van der Waals surface area contributed by atoms with E-state index in [4.69, 9.17) is 16.3 Å². The van der Waals surface area contributed by atoms with Crippen molar-refractivity contribution in [2.24, 2.45) is 0 Å². The Hall–Kier alpha value is -2.73. The number of phenols is 1. The Bertz CT molecular complexity index is 888. The van der Waals surface area contributed by atoms with Crippen LogP contribution < -0.4 is 0 Å². The summed E-state index contributed by atoms with van der Waals surface area (Å²) < 4.78 is 5.47. The van der Waals surface area contributed by atoms with Gasteiger partial charge in [-0.25, -0.2) is 4.79 Å². The number of ether oxygens (including phenoxy) is 1. The third-order valence-electron chi connectivity index (χ3n) is 5.03. The molecule has 4 rings (SSSR count). The van der Waals surface area contributed by atoms with Crippen LogP contribution in [0.3, 0.4) is 0 Å². The molecule has 2 heterocycles. The van der Waals surface area contributed by atoms with E-state index >= 15 is 0 Å². The van der Waals surface area contributed by atoms with Gasteiger partial charge in [-0.15, -0.1) is 0 Å². The van der Waals surface area contributed by atoms with Gasteiger partial charge in [0.1, 0.15) is 11.9 Å². The topological polar surface area (TPSA) is 70.1 Å². The maximum Gasteiger partial charge on any atom is 0.410 e. The monoisotopic (exact) mass is 386 g/mol. The van der Waals surface area contributed by atoms with Gasteiger partial charge in [-0.05, 0) is 42.3 Å². The van der Waals surface area contributed by atoms with Crippen LogP contribution >= 0.6 is 11.6 Å². The molecule has 7 heteroatoms. The summed E-state index contributed by atoms with van der Waals surface area (Å²) in [6, 6.07) is 13.7. The third kappa shape index (κ3) is 3.57. The Kier molecular flexibility index (Phi) is 4.66. The summed E-state index contributed by atoms with van der Waals surface area (Å²) >= 11 is 6.01. The van der Waals surface area contributed by atoms with Crippen LogP contribution in [0.4, 0.5) is 4.79 Å². The van der Waals surface area contributed by atoms with Crippen LogP contribution in [0.25, 0.3) is 0 Å². The average Bonchev–Trinajstić information content (AvgIpc) is 3.16. The number of aromatic hydroxyl groups is 1. The lowest BCUT2D eigenvalue weighted by Gasteiger charge is -2.22. The van der Waals surface area contributed by atoms with Crippen LogP contribution in [0.15, 0.2) is 48.5 Å². The number of fused-ring (bicyclic) bond motifs is 1. The SMILES string of the molecule is O=C(c1cccc(O)c1)N1C[C@H]2OC(=O)N(CCc3cccc(Cl)c3)[C@H]2C1. The molecule has 0 unspecified atom stereocenters. The van der Waals surface area contributed by atoms with E-state index in [-0.39, 0.29) is 29.9 Å². The number of rotatable bonds is 4. The van der Waals surface area contributed by atoms with Gasteiger partial charge in [-0.1, -0.05) is 29.8 Å². The Balaban J connectivity index is 1.43. The highest BCUT2D eigenvalue weighted by molar-refractivity contribution is 6.30. The average molecular weight is 387 g/mol. The lowest BCUT2D eigenvalue weighted by atomic mass is 10.1. The van der Waals surface area contributed by atoms with Crippen molar-refractivity contribution < 1.29 is 19.4 Å². The fourth-order valence-electron chi connectivity index (χ4n) is 3.69. The number of hydrogen-bond donors (Lipinski definition) is 1. The van der Waals surface area contributed by atoms with Gasteiger partial charge in [0.15, 0.2) is 0 Å². The van der Waals surface area contributed by atoms with Gasteiger partial charge in [0.2, 0.25) is 0 Å². The standard InChI is InChI=1S/C20H19ClN2O4/c21-15-5-1-3-13(9-15)7-8-23-17-11-22(12-18(17)27-20(23)26)19(25)14-4-2-6-16(24)10-14/h1-6,9-10,17-18,24H,7-8,11-12H2/t17-,18+/m0/s1. The van der Waals surface area contributed by atoms with Crippen LogP contribution in [0.1, 0.15) is 15.9 Å². The lowest BCUT2D eigenvalue weighted by molar-refractivity contribution is 0.0728. The number of nitrogens with zero attached hydrogens (tertiary/aromatic N) is 2. The summed E-state index contributed by atoms with van der Waals surface area (Å²) in [6.45, 7) is 1.29. The van der Waals surface area contributed by atoms with Crippen molar-refractivity contribution >= 4 is 23.6 Å². The Morgan fingerprint density at radius 1 is 1.19 bits per heavy atom. The van der Waals surface area contributed by atoms with Crippen molar-refractivity contribution in [1.29, 1.82) is 0 Å². The van der Waals surface area contributed by atoms with E-state index in [1.165, 1.54) is 12.1 Å². The van der Waals surface area contributed by atoms with E-state index in [0.29, 0.717) is 36.6 Å². The molecule has 2 atom stereocenters. The van der Waals surface area contributed by atoms with E-state index < -0.39 is 0 Å². The zero-order chi connectivity index (χ0) is 19.0. The van der Waals surface area contributed by atoms with E-state index in [1.54, 1.807) is 21.9 Å². The molecule has 2 aliphatic rings. The second-order valence-electron chi connectivity index (χ2n) is 6.82. The fraction of sp³-hybridized carbons (Fsp3) is 0.300. The maximum atomic E-state index is 12.7. The molecule has 140 valence electrons. The highest BCUT2D eigenvalue weighted by Gasteiger charge is 2.48. The Morgan fingerprint density at radius 3 is 2.78 bits per heavy atom. The molecule has 1 N–H and O–H groups in total. The highest BCUT2D eigenvalue weighted by Crippen LogP contribution is 2.28. The molecule has 0 spiro atoms. The summed E-state index contributed by atoms with van der Waals surface area (Å²) in [7, 11) is 0. The summed E-state index contributed by atoms with van der Waals surface area (Å²) in [5.74, 6) is -0.124. The van der Waals surface area contributed by atoms with Crippen LogP contribution in [0, 0.1) is 0 Å². The van der Waals surface area contributed by atoms with Crippen molar-refractivity contribution in [2.45, 2.75) is 18.6 Å². The minimum absolute atomic E-state index is 0.0508.